The van der Waals surface area contributed by atoms with Crippen LogP contribution in [0.25, 0.3) is 11.0 Å². The summed E-state index contributed by atoms with van der Waals surface area (Å²) in [6.45, 7) is 5.41. The number of halogens is 2. The summed E-state index contributed by atoms with van der Waals surface area (Å²) in [5, 5.41) is 7.95. The molecule has 2 aromatic heterocycles. The lowest BCUT2D eigenvalue weighted by Gasteiger charge is -2.15. The van der Waals surface area contributed by atoms with E-state index in [1.54, 1.807) is 18.7 Å². The number of aromatic amines is 1. The maximum absolute atomic E-state index is 13.4. The van der Waals surface area contributed by atoms with Gasteiger partial charge in [-0.3, -0.25) is 14.3 Å². The van der Waals surface area contributed by atoms with Crippen molar-refractivity contribution in [3.05, 3.63) is 62.6 Å². The molecule has 0 radical (unpaired) electrons. The first-order valence-electron chi connectivity index (χ1n) is 8.98. The molecule has 0 fully saturated rings. The molecule has 0 saturated heterocycles. The summed E-state index contributed by atoms with van der Waals surface area (Å²) >= 11 is 0. The Hall–Kier alpha value is -3.03. The lowest BCUT2D eigenvalue weighted by Crippen LogP contribution is -2.28. The third-order valence-corrected chi connectivity index (χ3v) is 4.98. The normalized spacial score (nSPS) is 12.4. The second kappa shape index (κ2) is 7.53. The molecule has 0 bridgehead atoms. The summed E-state index contributed by atoms with van der Waals surface area (Å²) in [5.41, 5.74) is 3.04. The van der Waals surface area contributed by atoms with E-state index in [4.69, 9.17) is 0 Å². The van der Waals surface area contributed by atoms with Crippen LogP contribution in [-0.4, -0.2) is 20.7 Å². The van der Waals surface area contributed by atoms with Crippen molar-refractivity contribution in [1.29, 1.82) is 0 Å². The van der Waals surface area contributed by atoms with Gasteiger partial charge in [0, 0.05) is 24.4 Å². The fourth-order valence-electron chi connectivity index (χ4n) is 3.47. The lowest BCUT2D eigenvalue weighted by atomic mass is 10.0. The topological polar surface area (TPSA) is 79.8 Å². The predicted molar refractivity (Wildman–Crippen MR) is 102 cm³/mol. The third-order valence-electron chi connectivity index (χ3n) is 4.98. The van der Waals surface area contributed by atoms with Crippen LogP contribution in [0.3, 0.4) is 0 Å². The average molecular weight is 388 g/mol. The standard InChI is InChI=1S/C20H22F2N4O2/c1-10-14(20(28)24-19-18(10)12(3)25-26(19)4)6-8-17(27)23-11(2)13-5-7-15(21)16(22)9-13/h5,7,9,11H,6,8H2,1-4H3,(H,23,27)(H,24,28)/t11-/m0/s1. The molecule has 8 heteroatoms. The molecular formula is C20H22F2N4O2. The summed E-state index contributed by atoms with van der Waals surface area (Å²) < 4.78 is 28.0. The molecule has 1 aromatic carbocycles. The minimum atomic E-state index is -0.957. The van der Waals surface area contributed by atoms with Crippen LogP contribution in [0, 0.1) is 25.5 Å². The van der Waals surface area contributed by atoms with Crippen molar-refractivity contribution in [2.75, 3.05) is 0 Å². The Labute approximate surface area is 160 Å². The molecule has 28 heavy (non-hydrogen) atoms. The zero-order valence-electron chi connectivity index (χ0n) is 16.2. The Morgan fingerprint density at radius 2 is 2.00 bits per heavy atom. The fraction of sp³-hybridized carbons (Fsp3) is 0.350. The zero-order chi connectivity index (χ0) is 20.6. The predicted octanol–water partition coefficient (Wildman–Crippen LogP) is 2.97. The molecule has 0 aliphatic rings. The summed E-state index contributed by atoms with van der Waals surface area (Å²) in [7, 11) is 1.76. The number of aryl methyl sites for hydroxylation is 3. The Bertz CT molecular complexity index is 1120. The number of nitrogens with one attached hydrogen (secondary N) is 2. The van der Waals surface area contributed by atoms with Crippen molar-refractivity contribution < 1.29 is 13.6 Å². The van der Waals surface area contributed by atoms with E-state index in [2.05, 4.69) is 15.4 Å². The SMILES string of the molecule is Cc1nn(C)c2[nH]c(=O)c(CCC(=O)N[C@@H](C)c3ccc(F)c(F)c3)c(C)c12. The number of amides is 1. The van der Waals surface area contributed by atoms with Gasteiger partial charge in [-0.05, 0) is 50.5 Å². The molecule has 148 valence electrons. The Morgan fingerprint density at radius 3 is 2.68 bits per heavy atom. The van der Waals surface area contributed by atoms with Crippen molar-refractivity contribution in [2.24, 2.45) is 7.05 Å². The Kier molecular flexibility index (Phi) is 5.31. The maximum atomic E-state index is 13.4. The van der Waals surface area contributed by atoms with Crippen molar-refractivity contribution in [3.8, 4) is 0 Å². The molecule has 0 spiro atoms. The van der Waals surface area contributed by atoms with Gasteiger partial charge < -0.3 is 10.3 Å². The van der Waals surface area contributed by atoms with Crippen LogP contribution in [-0.2, 0) is 18.3 Å². The summed E-state index contributed by atoms with van der Waals surface area (Å²) in [6, 6.07) is 3.04. The highest BCUT2D eigenvalue weighted by molar-refractivity contribution is 5.83. The first-order chi connectivity index (χ1) is 13.2. The second-order valence-corrected chi connectivity index (χ2v) is 6.95. The molecule has 1 amide bonds. The van der Waals surface area contributed by atoms with Gasteiger partial charge in [0.25, 0.3) is 5.56 Å². The van der Waals surface area contributed by atoms with Crippen molar-refractivity contribution >= 4 is 16.9 Å². The van der Waals surface area contributed by atoms with Gasteiger partial charge in [0.2, 0.25) is 5.91 Å². The molecule has 0 saturated carbocycles. The highest BCUT2D eigenvalue weighted by Gasteiger charge is 2.17. The van der Waals surface area contributed by atoms with E-state index in [9.17, 15) is 18.4 Å². The molecule has 3 aromatic rings. The number of H-pyrrole nitrogens is 1. The van der Waals surface area contributed by atoms with Crippen molar-refractivity contribution in [3.63, 3.8) is 0 Å². The molecule has 1 atom stereocenters. The molecule has 0 unspecified atom stereocenters. The molecule has 2 N–H and O–H groups in total. The van der Waals surface area contributed by atoms with Gasteiger partial charge in [-0.2, -0.15) is 5.10 Å². The summed E-state index contributed by atoms with van der Waals surface area (Å²) in [4.78, 5) is 27.6. The van der Waals surface area contributed by atoms with E-state index in [1.165, 1.54) is 6.07 Å². The lowest BCUT2D eigenvalue weighted by molar-refractivity contribution is -0.121. The maximum Gasteiger partial charge on any atom is 0.253 e. The first kappa shape index (κ1) is 19.7. The fourth-order valence-corrected chi connectivity index (χ4v) is 3.47. The van der Waals surface area contributed by atoms with Crippen LogP contribution in [0.2, 0.25) is 0 Å². The minimum Gasteiger partial charge on any atom is -0.350 e. The van der Waals surface area contributed by atoms with E-state index >= 15 is 0 Å². The van der Waals surface area contributed by atoms with Crippen LogP contribution in [0.1, 0.15) is 41.8 Å². The van der Waals surface area contributed by atoms with Crippen LogP contribution in [0.15, 0.2) is 23.0 Å². The monoisotopic (exact) mass is 388 g/mol. The van der Waals surface area contributed by atoms with Gasteiger partial charge >= 0.3 is 0 Å². The largest absolute Gasteiger partial charge is 0.350 e. The van der Waals surface area contributed by atoms with E-state index in [1.807, 2.05) is 13.8 Å². The van der Waals surface area contributed by atoms with E-state index in [-0.39, 0.29) is 24.3 Å². The van der Waals surface area contributed by atoms with Gasteiger partial charge in [-0.25, -0.2) is 8.78 Å². The molecule has 3 rings (SSSR count). The molecule has 2 heterocycles. The van der Waals surface area contributed by atoms with Gasteiger partial charge in [-0.15, -0.1) is 0 Å². The third kappa shape index (κ3) is 3.67. The number of hydrogen-bond donors (Lipinski definition) is 2. The molecule has 6 nitrogen and oxygen atoms in total. The van der Waals surface area contributed by atoms with Crippen LogP contribution >= 0.6 is 0 Å². The van der Waals surface area contributed by atoms with Crippen LogP contribution < -0.4 is 10.9 Å². The quantitative estimate of drug-likeness (QED) is 0.705. The highest BCUT2D eigenvalue weighted by Crippen LogP contribution is 2.21. The summed E-state index contributed by atoms with van der Waals surface area (Å²) in [6.07, 6.45) is 0.366. The number of rotatable bonds is 5. The van der Waals surface area contributed by atoms with Crippen molar-refractivity contribution in [2.45, 2.75) is 39.7 Å². The number of carbonyl (C=O) groups excluding carboxylic acids is 1. The van der Waals surface area contributed by atoms with Gasteiger partial charge in [0.05, 0.1) is 11.7 Å². The molecule has 0 aliphatic heterocycles. The molecule has 0 aliphatic carbocycles. The number of pyridine rings is 1. The van der Waals surface area contributed by atoms with Gasteiger partial charge in [-0.1, -0.05) is 6.07 Å². The minimum absolute atomic E-state index is 0.1000. The summed E-state index contributed by atoms with van der Waals surface area (Å²) in [5.74, 6) is -2.17. The van der Waals surface area contributed by atoms with E-state index in [0.717, 1.165) is 28.8 Å². The number of fused-ring (bicyclic) bond motifs is 1. The number of carbonyl (C=O) groups is 1. The molecular weight excluding hydrogens is 366 g/mol. The number of benzene rings is 1. The second-order valence-electron chi connectivity index (χ2n) is 6.95. The Balaban J connectivity index is 1.73. The number of aromatic nitrogens is 3. The van der Waals surface area contributed by atoms with Gasteiger partial charge in [0.15, 0.2) is 11.6 Å². The Morgan fingerprint density at radius 1 is 1.29 bits per heavy atom. The van der Waals surface area contributed by atoms with Crippen molar-refractivity contribution in [1.82, 2.24) is 20.1 Å². The smallest absolute Gasteiger partial charge is 0.253 e. The number of nitrogens with zero attached hydrogens (tertiary/aromatic N) is 2. The zero-order valence-corrected chi connectivity index (χ0v) is 16.2. The van der Waals surface area contributed by atoms with Crippen LogP contribution in [0.5, 0.6) is 0 Å². The first-order valence-corrected chi connectivity index (χ1v) is 8.98. The van der Waals surface area contributed by atoms with Crippen LogP contribution in [0.4, 0.5) is 8.78 Å². The average Bonchev–Trinajstić information content (AvgIpc) is 2.90. The van der Waals surface area contributed by atoms with E-state index < -0.39 is 17.7 Å². The van der Waals surface area contributed by atoms with E-state index in [0.29, 0.717) is 16.8 Å². The number of hydrogen-bond acceptors (Lipinski definition) is 3. The van der Waals surface area contributed by atoms with Gasteiger partial charge in [0.1, 0.15) is 5.65 Å². The highest BCUT2D eigenvalue weighted by atomic mass is 19.2.